The minimum Gasteiger partial charge on any atom is -0.456 e. The Labute approximate surface area is 210 Å². The van der Waals surface area contributed by atoms with E-state index in [2.05, 4.69) is 47.0 Å². The number of para-hydroxylation sites is 2. The minimum absolute atomic E-state index is 0.00602. The fourth-order valence-electron chi connectivity index (χ4n) is 5.94. The lowest BCUT2D eigenvalue weighted by Crippen LogP contribution is -2.05. The third-order valence-electron chi connectivity index (χ3n) is 7.53. The molecule has 0 saturated heterocycles. The fraction of sp³-hybridized carbons (Fsp3) is 0.0606. The average Bonchev–Trinajstić information content (AvgIpc) is 3.41. The highest BCUT2D eigenvalue weighted by atomic mass is 16.3. The van der Waals surface area contributed by atoms with E-state index in [0.717, 1.165) is 60.6 Å². The smallest absolute Gasteiger partial charge is 0.200 e. The zero-order valence-corrected chi connectivity index (χ0v) is 20.3. The van der Waals surface area contributed by atoms with E-state index in [1.807, 2.05) is 62.4 Å². The molecule has 0 aliphatic carbocycles. The summed E-state index contributed by atoms with van der Waals surface area (Å²) in [5.41, 5.74) is 8.01. The van der Waals surface area contributed by atoms with Gasteiger partial charge in [0.25, 0.3) is 0 Å². The van der Waals surface area contributed by atoms with Crippen molar-refractivity contribution in [2.75, 3.05) is 0 Å². The van der Waals surface area contributed by atoms with Gasteiger partial charge in [-0.15, -0.1) is 0 Å². The van der Waals surface area contributed by atoms with Crippen LogP contribution in [0.15, 0.2) is 105 Å². The predicted molar refractivity (Wildman–Crippen MR) is 151 cm³/mol. The molecule has 0 unspecified atom stereocenters. The highest BCUT2D eigenvalue weighted by Crippen LogP contribution is 2.38. The maximum absolute atomic E-state index is 13.4. The van der Waals surface area contributed by atoms with Gasteiger partial charge in [0.1, 0.15) is 22.3 Å². The van der Waals surface area contributed by atoms with Crippen molar-refractivity contribution in [3.05, 3.63) is 112 Å². The number of nitrogens with zero attached hydrogens (tertiary/aromatic N) is 1. The van der Waals surface area contributed by atoms with Crippen LogP contribution < -0.4 is 5.43 Å². The molecule has 0 N–H and O–H groups in total. The van der Waals surface area contributed by atoms with Gasteiger partial charge in [-0.3, -0.25) is 4.79 Å². The van der Waals surface area contributed by atoms with Gasteiger partial charge < -0.3 is 13.4 Å². The van der Waals surface area contributed by atoms with E-state index in [9.17, 15) is 4.79 Å². The fourth-order valence-corrected chi connectivity index (χ4v) is 5.94. The molecule has 5 aromatic carbocycles. The Balaban J connectivity index is 1.48. The lowest BCUT2D eigenvalue weighted by Gasteiger charge is -2.10. The molecule has 0 spiro atoms. The number of fused-ring (bicyclic) bond motifs is 8. The van der Waals surface area contributed by atoms with Gasteiger partial charge in [0, 0.05) is 39.4 Å². The van der Waals surface area contributed by atoms with Gasteiger partial charge >= 0.3 is 0 Å². The maximum atomic E-state index is 13.4. The van der Waals surface area contributed by atoms with Crippen molar-refractivity contribution < 1.29 is 8.83 Å². The van der Waals surface area contributed by atoms with Crippen LogP contribution in [0.5, 0.6) is 0 Å². The summed E-state index contributed by atoms with van der Waals surface area (Å²) >= 11 is 0. The zero-order chi connectivity index (χ0) is 24.8. The SMILES string of the molecule is Cc1cc(C)c2c(=O)c3ccc(-n4c5ccccc5c5cc6c(cc54)oc4ccccc46)cc3oc2c1. The first-order chi connectivity index (χ1) is 18.1. The Morgan fingerprint density at radius 3 is 2.22 bits per heavy atom. The van der Waals surface area contributed by atoms with E-state index >= 15 is 0 Å². The molecule has 0 fully saturated rings. The Hall–Kier alpha value is -4.83. The first-order valence-corrected chi connectivity index (χ1v) is 12.4. The summed E-state index contributed by atoms with van der Waals surface area (Å²) in [6.07, 6.45) is 0. The molecule has 0 saturated carbocycles. The second kappa shape index (κ2) is 7.11. The molecule has 4 nitrogen and oxygen atoms in total. The van der Waals surface area contributed by atoms with Crippen LogP contribution in [0.4, 0.5) is 0 Å². The quantitative estimate of drug-likeness (QED) is 0.222. The number of aromatic nitrogens is 1. The second-order valence-electron chi connectivity index (χ2n) is 9.88. The highest BCUT2D eigenvalue weighted by molar-refractivity contribution is 6.17. The number of hydrogen-bond acceptors (Lipinski definition) is 3. The molecule has 8 rings (SSSR count). The number of hydrogen-bond donors (Lipinski definition) is 0. The van der Waals surface area contributed by atoms with E-state index in [4.69, 9.17) is 8.83 Å². The summed E-state index contributed by atoms with van der Waals surface area (Å²) in [4.78, 5) is 13.4. The number of rotatable bonds is 1. The van der Waals surface area contributed by atoms with Crippen molar-refractivity contribution in [2.24, 2.45) is 0 Å². The van der Waals surface area contributed by atoms with Crippen molar-refractivity contribution in [1.29, 1.82) is 0 Å². The molecule has 0 atom stereocenters. The Kier molecular flexibility index (Phi) is 3.91. The summed E-state index contributed by atoms with van der Waals surface area (Å²) in [5, 5.41) is 5.77. The molecule has 0 amide bonds. The lowest BCUT2D eigenvalue weighted by atomic mass is 10.0. The zero-order valence-electron chi connectivity index (χ0n) is 20.3. The molecule has 0 aliphatic heterocycles. The van der Waals surface area contributed by atoms with Crippen LogP contribution in [-0.2, 0) is 0 Å². The molecule has 37 heavy (non-hydrogen) atoms. The number of benzene rings is 5. The van der Waals surface area contributed by atoms with Crippen molar-refractivity contribution in [3.8, 4) is 5.69 Å². The van der Waals surface area contributed by atoms with Gasteiger partial charge in [-0.1, -0.05) is 42.5 Å². The number of furan rings is 1. The molecule has 0 aliphatic rings. The van der Waals surface area contributed by atoms with Crippen LogP contribution in [0.25, 0.3) is 71.4 Å². The molecule has 0 radical (unpaired) electrons. The van der Waals surface area contributed by atoms with Crippen LogP contribution >= 0.6 is 0 Å². The van der Waals surface area contributed by atoms with Crippen LogP contribution in [0.2, 0.25) is 0 Å². The Bertz CT molecular complexity index is 2300. The third kappa shape index (κ3) is 2.75. The van der Waals surface area contributed by atoms with Crippen LogP contribution in [0.1, 0.15) is 11.1 Å². The lowest BCUT2D eigenvalue weighted by molar-refractivity contribution is 0.659. The minimum atomic E-state index is 0.00602. The van der Waals surface area contributed by atoms with Gasteiger partial charge in [0.05, 0.1) is 21.8 Å². The molecule has 0 bridgehead atoms. The summed E-state index contributed by atoms with van der Waals surface area (Å²) in [6.45, 7) is 3.98. The van der Waals surface area contributed by atoms with Crippen LogP contribution in [-0.4, -0.2) is 4.57 Å². The van der Waals surface area contributed by atoms with Crippen molar-refractivity contribution in [3.63, 3.8) is 0 Å². The van der Waals surface area contributed by atoms with Gasteiger partial charge in [-0.25, -0.2) is 0 Å². The molecule has 8 aromatic rings. The molecule has 4 heteroatoms. The molecular formula is C33H21NO3. The second-order valence-corrected chi connectivity index (χ2v) is 9.88. The van der Waals surface area contributed by atoms with E-state index in [1.54, 1.807) is 0 Å². The summed E-state index contributed by atoms with van der Waals surface area (Å²) < 4.78 is 14.8. The largest absolute Gasteiger partial charge is 0.456 e. The number of aryl methyl sites for hydroxylation is 2. The average molecular weight is 480 g/mol. The van der Waals surface area contributed by atoms with Crippen LogP contribution in [0.3, 0.4) is 0 Å². The van der Waals surface area contributed by atoms with E-state index in [0.29, 0.717) is 21.9 Å². The topological polar surface area (TPSA) is 48.3 Å². The first kappa shape index (κ1) is 20.4. The van der Waals surface area contributed by atoms with Gasteiger partial charge in [-0.05, 0) is 61.4 Å². The van der Waals surface area contributed by atoms with Crippen molar-refractivity contribution >= 4 is 65.7 Å². The van der Waals surface area contributed by atoms with Crippen LogP contribution in [0, 0.1) is 13.8 Å². The van der Waals surface area contributed by atoms with E-state index in [1.165, 1.54) is 0 Å². The Morgan fingerprint density at radius 2 is 1.32 bits per heavy atom. The summed E-state index contributed by atoms with van der Waals surface area (Å²) in [5.74, 6) is 0. The summed E-state index contributed by atoms with van der Waals surface area (Å²) in [7, 11) is 0. The molecule has 3 aromatic heterocycles. The predicted octanol–water partition coefficient (Wildman–Crippen LogP) is 8.56. The summed E-state index contributed by atoms with van der Waals surface area (Å²) in [6, 6.07) is 30.7. The van der Waals surface area contributed by atoms with E-state index < -0.39 is 0 Å². The Morgan fingerprint density at radius 1 is 0.568 bits per heavy atom. The maximum Gasteiger partial charge on any atom is 0.200 e. The standard InChI is InChI=1S/C33H21NO3/c1-18-13-19(2)32-31(14-18)37-29-15-20(11-12-23(29)33(32)35)34-26-9-5-3-7-21(26)24-16-25-22-8-4-6-10-28(22)36-30(25)17-27(24)34/h3-17H,1-2H3. The normalized spacial score (nSPS) is 12.2. The van der Waals surface area contributed by atoms with E-state index in [-0.39, 0.29) is 5.43 Å². The molecule has 3 heterocycles. The van der Waals surface area contributed by atoms with Gasteiger partial charge in [0.15, 0.2) is 0 Å². The third-order valence-corrected chi connectivity index (χ3v) is 7.53. The van der Waals surface area contributed by atoms with Gasteiger partial charge in [-0.2, -0.15) is 0 Å². The van der Waals surface area contributed by atoms with Crippen molar-refractivity contribution in [2.45, 2.75) is 13.8 Å². The van der Waals surface area contributed by atoms with Crippen molar-refractivity contribution in [1.82, 2.24) is 4.57 Å². The highest BCUT2D eigenvalue weighted by Gasteiger charge is 2.17. The molecular weight excluding hydrogens is 458 g/mol. The molecule has 176 valence electrons. The monoisotopic (exact) mass is 479 g/mol. The van der Waals surface area contributed by atoms with Gasteiger partial charge in [0.2, 0.25) is 5.43 Å². The first-order valence-electron chi connectivity index (χ1n) is 12.4.